The Morgan fingerprint density at radius 3 is 3.00 bits per heavy atom. The molecular formula is C9H12BrNO3. The van der Waals surface area contributed by atoms with Gasteiger partial charge in [0.1, 0.15) is 6.04 Å². The number of fused-ring (bicyclic) bond motifs is 1. The third kappa shape index (κ3) is 1.26. The third-order valence-corrected chi connectivity index (χ3v) is 3.89. The SMILES string of the molecule is C[C@@]1(CBr)OC(=O)C2CCCN2C1=O. The second-order valence-electron chi connectivity index (χ2n) is 3.94. The Bertz CT molecular complexity index is 294. The molecule has 2 saturated heterocycles. The summed E-state index contributed by atoms with van der Waals surface area (Å²) in [6.07, 6.45) is 1.63. The summed E-state index contributed by atoms with van der Waals surface area (Å²) in [6.45, 7) is 2.33. The first-order valence-electron chi connectivity index (χ1n) is 4.68. The topological polar surface area (TPSA) is 46.6 Å². The summed E-state index contributed by atoms with van der Waals surface area (Å²) in [5.74, 6) is -0.333. The van der Waals surface area contributed by atoms with Crippen LogP contribution >= 0.6 is 15.9 Å². The van der Waals surface area contributed by atoms with Gasteiger partial charge in [-0.1, -0.05) is 15.9 Å². The molecule has 14 heavy (non-hydrogen) atoms. The van der Waals surface area contributed by atoms with Crippen molar-refractivity contribution in [3.63, 3.8) is 0 Å². The van der Waals surface area contributed by atoms with Crippen LogP contribution in [0.1, 0.15) is 19.8 Å². The van der Waals surface area contributed by atoms with Gasteiger partial charge in [0.25, 0.3) is 5.91 Å². The molecule has 2 atom stereocenters. The predicted octanol–water partition coefficient (Wildman–Crippen LogP) is 0.688. The highest BCUT2D eigenvalue weighted by Gasteiger charge is 2.51. The minimum atomic E-state index is -1.00. The Labute approximate surface area is 90.7 Å². The zero-order valence-corrected chi connectivity index (χ0v) is 9.54. The van der Waals surface area contributed by atoms with Gasteiger partial charge in [0.2, 0.25) is 0 Å². The average molecular weight is 262 g/mol. The summed E-state index contributed by atoms with van der Waals surface area (Å²) in [5.41, 5.74) is -1.00. The quantitative estimate of drug-likeness (QED) is 0.516. The van der Waals surface area contributed by atoms with Gasteiger partial charge in [0.05, 0.1) is 5.33 Å². The van der Waals surface area contributed by atoms with Gasteiger partial charge in [-0.15, -0.1) is 0 Å². The first-order chi connectivity index (χ1) is 6.58. The van der Waals surface area contributed by atoms with Crippen molar-refractivity contribution in [2.45, 2.75) is 31.4 Å². The van der Waals surface area contributed by atoms with Crippen LogP contribution in [0.2, 0.25) is 0 Å². The maximum atomic E-state index is 11.9. The molecule has 0 N–H and O–H groups in total. The molecule has 2 aliphatic heterocycles. The lowest BCUT2D eigenvalue weighted by atomic mass is 10.0. The molecule has 1 amide bonds. The van der Waals surface area contributed by atoms with Crippen molar-refractivity contribution >= 4 is 27.8 Å². The molecule has 0 aromatic heterocycles. The van der Waals surface area contributed by atoms with Crippen LogP contribution in [0.5, 0.6) is 0 Å². The summed E-state index contributed by atoms with van der Waals surface area (Å²) in [4.78, 5) is 25.1. The number of alkyl halides is 1. The predicted molar refractivity (Wildman–Crippen MR) is 53.0 cm³/mol. The van der Waals surface area contributed by atoms with Crippen molar-refractivity contribution < 1.29 is 14.3 Å². The van der Waals surface area contributed by atoms with E-state index < -0.39 is 5.60 Å². The lowest BCUT2D eigenvalue weighted by Crippen LogP contribution is -2.60. The zero-order chi connectivity index (χ0) is 10.3. The molecule has 2 aliphatic rings. The molecule has 2 rings (SSSR count). The summed E-state index contributed by atoms with van der Waals surface area (Å²) < 4.78 is 5.17. The molecule has 2 fully saturated rings. The smallest absolute Gasteiger partial charge is 0.329 e. The highest BCUT2D eigenvalue weighted by Crippen LogP contribution is 2.31. The van der Waals surface area contributed by atoms with Crippen molar-refractivity contribution in [3.8, 4) is 0 Å². The van der Waals surface area contributed by atoms with Gasteiger partial charge >= 0.3 is 5.97 Å². The molecular weight excluding hydrogens is 250 g/mol. The van der Waals surface area contributed by atoms with E-state index in [4.69, 9.17) is 4.74 Å². The lowest BCUT2D eigenvalue weighted by Gasteiger charge is -2.39. The van der Waals surface area contributed by atoms with Gasteiger partial charge in [-0.3, -0.25) is 4.79 Å². The summed E-state index contributed by atoms with van der Waals surface area (Å²) in [7, 11) is 0. The Morgan fingerprint density at radius 1 is 1.64 bits per heavy atom. The lowest BCUT2D eigenvalue weighted by molar-refractivity contribution is -0.185. The van der Waals surface area contributed by atoms with Crippen LogP contribution < -0.4 is 0 Å². The second kappa shape index (κ2) is 3.22. The maximum absolute atomic E-state index is 11.9. The highest BCUT2D eigenvalue weighted by molar-refractivity contribution is 9.09. The summed E-state index contributed by atoms with van der Waals surface area (Å²) in [6, 6.07) is -0.324. The first kappa shape index (κ1) is 9.96. The van der Waals surface area contributed by atoms with E-state index in [0.717, 1.165) is 12.8 Å². The molecule has 0 aliphatic carbocycles. The number of morpholine rings is 1. The maximum Gasteiger partial charge on any atom is 0.329 e. The first-order valence-corrected chi connectivity index (χ1v) is 5.80. The van der Waals surface area contributed by atoms with Crippen molar-refractivity contribution in [1.29, 1.82) is 0 Å². The number of nitrogens with zero attached hydrogens (tertiary/aromatic N) is 1. The molecule has 4 nitrogen and oxygen atoms in total. The number of esters is 1. The number of hydrogen-bond acceptors (Lipinski definition) is 3. The van der Waals surface area contributed by atoms with Crippen molar-refractivity contribution in [3.05, 3.63) is 0 Å². The summed E-state index contributed by atoms with van der Waals surface area (Å²) >= 11 is 3.21. The molecule has 0 radical (unpaired) electrons. The standard InChI is InChI=1S/C9H12BrNO3/c1-9(5-10)8(13)11-4-2-3-6(11)7(12)14-9/h6H,2-5H2,1H3/t6?,9-/m0/s1. The van der Waals surface area contributed by atoms with E-state index in [1.165, 1.54) is 0 Å². The van der Waals surface area contributed by atoms with E-state index in [9.17, 15) is 9.59 Å². The van der Waals surface area contributed by atoms with Crippen LogP contribution in [0.15, 0.2) is 0 Å². The monoisotopic (exact) mass is 261 g/mol. The fourth-order valence-corrected chi connectivity index (χ4v) is 2.33. The number of cyclic esters (lactones) is 1. The van der Waals surface area contributed by atoms with E-state index >= 15 is 0 Å². The molecule has 1 unspecified atom stereocenters. The molecule has 0 aromatic rings. The molecule has 0 saturated carbocycles. The summed E-state index contributed by atoms with van der Waals surface area (Å²) in [5, 5.41) is 0.355. The van der Waals surface area contributed by atoms with E-state index in [1.54, 1.807) is 11.8 Å². The van der Waals surface area contributed by atoms with Crippen LogP contribution in [0.25, 0.3) is 0 Å². The number of rotatable bonds is 1. The number of ether oxygens (including phenoxy) is 1. The molecule has 0 bridgehead atoms. The Morgan fingerprint density at radius 2 is 2.36 bits per heavy atom. The minimum absolute atomic E-state index is 0.0727. The number of hydrogen-bond donors (Lipinski definition) is 0. The highest BCUT2D eigenvalue weighted by atomic mass is 79.9. The van der Waals surface area contributed by atoms with Crippen molar-refractivity contribution in [2.24, 2.45) is 0 Å². The van der Waals surface area contributed by atoms with Gasteiger partial charge in [-0.2, -0.15) is 0 Å². The normalized spacial score (nSPS) is 37.0. The minimum Gasteiger partial charge on any atom is -0.447 e. The fourth-order valence-electron chi connectivity index (χ4n) is 1.98. The van der Waals surface area contributed by atoms with E-state index in [0.29, 0.717) is 11.9 Å². The number of carbonyl (C=O) groups excluding carboxylic acids is 2. The van der Waals surface area contributed by atoms with E-state index in [1.807, 2.05) is 0 Å². The van der Waals surface area contributed by atoms with E-state index in [-0.39, 0.29) is 17.9 Å². The number of amides is 1. The van der Waals surface area contributed by atoms with Crippen molar-refractivity contribution in [2.75, 3.05) is 11.9 Å². The second-order valence-corrected chi connectivity index (χ2v) is 4.50. The number of carbonyl (C=O) groups is 2. The Balaban J connectivity index is 2.29. The molecule has 0 aromatic carbocycles. The zero-order valence-electron chi connectivity index (χ0n) is 7.96. The van der Waals surface area contributed by atoms with Crippen LogP contribution in [-0.4, -0.2) is 40.3 Å². The van der Waals surface area contributed by atoms with Crippen LogP contribution in [0, 0.1) is 0 Å². The van der Waals surface area contributed by atoms with Gasteiger partial charge in [-0.05, 0) is 19.8 Å². The van der Waals surface area contributed by atoms with Crippen LogP contribution in [-0.2, 0) is 14.3 Å². The average Bonchev–Trinajstić information content (AvgIpc) is 2.63. The molecule has 78 valence electrons. The van der Waals surface area contributed by atoms with Gasteiger partial charge in [-0.25, -0.2) is 4.79 Å². The Hall–Kier alpha value is -0.580. The van der Waals surface area contributed by atoms with Crippen LogP contribution in [0.3, 0.4) is 0 Å². The van der Waals surface area contributed by atoms with E-state index in [2.05, 4.69) is 15.9 Å². The molecule has 0 spiro atoms. The van der Waals surface area contributed by atoms with Gasteiger partial charge in [0.15, 0.2) is 5.60 Å². The molecule has 2 heterocycles. The fraction of sp³-hybridized carbons (Fsp3) is 0.778. The van der Waals surface area contributed by atoms with Gasteiger partial charge < -0.3 is 9.64 Å². The number of halogens is 1. The van der Waals surface area contributed by atoms with Crippen LogP contribution in [0.4, 0.5) is 0 Å². The Kier molecular flexibility index (Phi) is 2.29. The largest absolute Gasteiger partial charge is 0.447 e. The van der Waals surface area contributed by atoms with Gasteiger partial charge in [0, 0.05) is 6.54 Å². The molecule has 5 heteroatoms. The third-order valence-electron chi connectivity index (χ3n) is 2.82. The van der Waals surface area contributed by atoms with Crippen molar-refractivity contribution in [1.82, 2.24) is 4.90 Å².